The van der Waals surface area contributed by atoms with Crippen LogP contribution in [0.2, 0.25) is 25.7 Å². The monoisotopic (exact) mass is 434 g/mol. The summed E-state index contributed by atoms with van der Waals surface area (Å²) in [6.45, 7) is 18.5. The molecule has 0 radical (unpaired) electrons. The Kier molecular flexibility index (Phi) is 6.60. The molecule has 3 saturated carbocycles. The summed E-state index contributed by atoms with van der Waals surface area (Å²) in [5.41, 5.74) is -1.09. The zero-order chi connectivity index (χ0) is 22.4. The van der Waals surface area contributed by atoms with Gasteiger partial charge >= 0.3 is 0 Å². The minimum absolute atomic E-state index is 0.0842. The van der Waals surface area contributed by atoms with Crippen LogP contribution in [0.4, 0.5) is 0 Å². The summed E-state index contributed by atoms with van der Waals surface area (Å²) in [4.78, 5) is 26.6. The van der Waals surface area contributed by atoms with Gasteiger partial charge in [0, 0.05) is 44.3 Å². The van der Waals surface area contributed by atoms with Gasteiger partial charge < -0.3 is 9.47 Å². The van der Waals surface area contributed by atoms with Crippen molar-refractivity contribution in [2.45, 2.75) is 91.1 Å². The fourth-order valence-electron chi connectivity index (χ4n) is 6.40. The summed E-state index contributed by atoms with van der Waals surface area (Å²) < 4.78 is 12.3. The number of hydrogen-bond donors (Lipinski definition) is 0. The van der Waals surface area contributed by atoms with Crippen LogP contribution in [-0.2, 0) is 19.1 Å². The Morgan fingerprint density at radius 2 is 1.90 bits per heavy atom. The summed E-state index contributed by atoms with van der Waals surface area (Å²) >= 11 is 0. The van der Waals surface area contributed by atoms with Gasteiger partial charge in [0.05, 0.1) is 6.10 Å². The number of carbonyl (C=O) groups is 2. The number of rotatable bonds is 7. The Balaban J connectivity index is 1.90. The molecule has 30 heavy (non-hydrogen) atoms. The van der Waals surface area contributed by atoms with Crippen molar-refractivity contribution in [1.82, 2.24) is 0 Å². The van der Waals surface area contributed by atoms with Crippen LogP contribution in [0.3, 0.4) is 0 Å². The first-order chi connectivity index (χ1) is 13.9. The van der Waals surface area contributed by atoms with Crippen LogP contribution in [0, 0.1) is 28.1 Å². The second-order valence-electron chi connectivity index (χ2n) is 12.0. The van der Waals surface area contributed by atoms with Gasteiger partial charge in [-0.05, 0) is 50.0 Å². The lowest BCUT2D eigenvalue weighted by Crippen LogP contribution is -2.59. The van der Waals surface area contributed by atoms with Gasteiger partial charge in [0.2, 0.25) is 0 Å². The van der Waals surface area contributed by atoms with E-state index in [0.29, 0.717) is 37.6 Å². The van der Waals surface area contributed by atoms with Crippen LogP contribution in [0.5, 0.6) is 0 Å². The molecule has 6 atom stereocenters. The summed E-state index contributed by atoms with van der Waals surface area (Å²) in [6, 6.07) is 1.10. The molecule has 0 unspecified atom stereocenters. The highest BCUT2D eigenvalue weighted by molar-refractivity contribution is 6.76. The standard InChI is InChI=1S/C25H42O4Si/c1-8-23(3)16-21(29-17-28-13-14-30(5,6)7)24(4)18(2)9-11-25(15-20(23)27)12-10-19(26)22(24)25/h8,18,21-22H,1,9-17H2,2-7H3/t18-,21-,22+,23-,24-,25-/m1/s1. The number of ether oxygens (including phenoxy) is 2. The topological polar surface area (TPSA) is 52.6 Å². The molecule has 0 aromatic rings. The van der Waals surface area contributed by atoms with Gasteiger partial charge in [-0.1, -0.05) is 39.6 Å². The average molecular weight is 435 g/mol. The maximum atomic E-state index is 13.4. The lowest BCUT2D eigenvalue weighted by Gasteiger charge is -2.58. The second-order valence-corrected chi connectivity index (χ2v) is 17.6. The lowest BCUT2D eigenvalue weighted by atomic mass is 9.46. The van der Waals surface area contributed by atoms with Crippen molar-refractivity contribution in [3.05, 3.63) is 12.7 Å². The zero-order valence-corrected chi connectivity index (χ0v) is 21.0. The fraction of sp³-hybridized carbons (Fsp3) is 0.840. The lowest BCUT2D eigenvalue weighted by molar-refractivity contribution is -0.198. The predicted octanol–water partition coefficient (Wildman–Crippen LogP) is 5.64. The van der Waals surface area contributed by atoms with Crippen LogP contribution in [-0.4, -0.2) is 39.1 Å². The second kappa shape index (κ2) is 8.29. The summed E-state index contributed by atoms with van der Waals surface area (Å²) in [5.74, 6) is 0.848. The average Bonchev–Trinajstić information content (AvgIpc) is 2.99. The third-order valence-electron chi connectivity index (χ3n) is 8.82. The minimum Gasteiger partial charge on any atom is -0.356 e. The molecule has 3 aliphatic carbocycles. The molecule has 0 amide bonds. The largest absolute Gasteiger partial charge is 0.356 e. The van der Waals surface area contributed by atoms with Gasteiger partial charge in [0.15, 0.2) is 0 Å². The smallest absolute Gasteiger partial charge is 0.147 e. The minimum atomic E-state index is -1.16. The first-order valence-corrected chi connectivity index (χ1v) is 15.5. The maximum Gasteiger partial charge on any atom is 0.147 e. The highest BCUT2D eigenvalue weighted by Crippen LogP contribution is 2.65. The van der Waals surface area contributed by atoms with Gasteiger partial charge in [0.1, 0.15) is 18.4 Å². The Morgan fingerprint density at radius 1 is 1.20 bits per heavy atom. The van der Waals surface area contributed by atoms with Gasteiger partial charge in [-0.3, -0.25) is 9.59 Å². The molecule has 4 nitrogen and oxygen atoms in total. The highest BCUT2D eigenvalue weighted by Gasteiger charge is 2.65. The quantitative estimate of drug-likeness (QED) is 0.225. The van der Waals surface area contributed by atoms with E-state index in [1.165, 1.54) is 0 Å². The van der Waals surface area contributed by atoms with Gasteiger partial charge in [-0.2, -0.15) is 0 Å². The van der Waals surface area contributed by atoms with Crippen LogP contribution in [0.25, 0.3) is 0 Å². The van der Waals surface area contributed by atoms with Crippen molar-refractivity contribution in [1.29, 1.82) is 0 Å². The molecule has 3 rings (SSSR count). The molecule has 3 fully saturated rings. The Hall–Kier alpha value is -0.783. The summed E-state index contributed by atoms with van der Waals surface area (Å²) in [6.07, 6.45) is 6.17. The molecule has 0 saturated heterocycles. The van der Waals surface area contributed by atoms with E-state index in [1.807, 2.05) is 13.0 Å². The van der Waals surface area contributed by atoms with Crippen LogP contribution in [0.15, 0.2) is 12.7 Å². The van der Waals surface area contributed by atoms with Crippen molar-refractivity contribution in [3.8, 4) is 0 Å². The van der Waals surface area contributed by atoms with Crippen molar-refractivity contribution in [3.63, 3.8) is 0 Å². The van der Waals surface area contributed by atoms with Crippen molar-refractivity contribution >= 4 is 19.6 Å². The molecule has 2 bridgehead atoms. The third kappa shape index (κ3) is 4.14. The molecular weight excluding hydrogens is 392 g/mol. The van der Waals surface area contributed by atoms with E-state index in [-0.39, 0.29) is 35.4 Å². The molecule has 0 aliphatic heterocycles. The molecule has 0 aromatic heterocycles. The van der Waals surface area contributed by atoms with Crippen LogP contribution in [0.1, 0.15) is 59.3 Å². The first kappa shape index (κ1) is 23.9. The van der Waals surface area contributed by atoms with Crippen molar-refractivity contribution in [2.75, 3.05) is 13.4 Å². The number of carbonyl (C=O) groups excluding carboxylic acids is 2. The molecule has 0 spiro atoms. The van der Waals surface area contributed by atoms with E-state index < -0.39 is 13.5 Å². The van der Waals surface area contributed by atoms with Crippen molar-refractivity contribution in [2.24, 2.45) is 28.1 Å². The molecule has 0 heterocycles. The van der Waals surface area contributed by atoms with E-state index in [4.69, 9.17) is 9.47 Å². The van der Waals surface area contributed by atoms with Crippen LogP contribution >= 0.6 is 0 Å². The molecule has 170 valence electrons. The van der Waals surface area contributed by atoms with Crippen LogP contribution < -0.4 is 0 Å². The van der Waals surface area contributed by atoms with Gasteiger partial charge in [-0.15, -0.1) is 6.58 Å². The molecule has 0 N–H and O–H groups in total. The number of allylic oxidation sites excluding steroid dienone is 1. The number of ketones is 2. The predicted molar refractivity (Wildman–Crippen MR) is 123 cm³/mol. The molecular formula is C25H42O4Si. The molecule has 3 aliphatic rings. The van der Waals surface area contributed by atoms with Gasteiger partial charge in [-0.25, -0.2) is 0 Å². The summed E-state index contributed by atoms with van der Waals surface area (Å²) in [5, 5.41) is 0. The van der Waals surface area contributed by atoms with E-state index in [9.17, 15) is 9.59 Å². The Morgan fingerprint density at radius 3 is 2.53 bits per heavy atom. The maximum absolute atomic E-state index is 13.4. The first-order valence-electron chi connectivity index (χ1n) is 11.8. The molecule has 0 aromatic carbocycles. The number of Topliss-reactive ketones (excluding diaryl/α,β-unsaturated/α-hetero) is 2. The third-order valence-corrected chi connectivity index (χ3v) is 10.5. The summed E-state index contributed by atoms with van der Waals surface area (Å²) in [7, 11) is -1.16. The van der Waals surface area contributed by atoms with Crippen molar-refractivity contribution < 1.29 is 19.1 Å². The van der Waals surface area contributed by atoms with E-state index in [0.717, 1.165) is 25.3 Å². The Labute approximate surface area is 184 Å². The zero-order valence-electron chi connectivity index (χ0n) is 20.0. The SMILES string of the molecule is C=C[C@]1(C)C[C@@H](OCOCC[Si](C)(C)C)[C@@]2(C)[C@H](C)CC[C@@]3(CCC(=O)[C@H]32)CC1=O. The fourth-order valence-corrected chi connectivity index (χ4v) is 7.16. The van der Waals surface area contributed by atoms with Gasteiger partial charge in [0.25, 0.3) is 0 Å². The van der Waals surface area contributed by atoms with E-state index >= 15 is 0 Å². The van der Waals surface area contributed by atoms with E-state index in [1.54, 1.807) is 0 Å². The normalized spacial score (nSPS) is 41.9. The van der Waals surface area contributed by atoms with E-state index in [2.05, 4.69) is 40.1 Å². The highest BCUT2D eigenvalue weighted by atomic mass is 28.3. The Bertz CT molecular complexity index is 698. The number of hydrogen-bond acceptors (Lipinski definition) is 4. The molecule has 5 heteroatoms.